The molecule has 0 radical (unpaired) electrons. The molecular weight excluding hydrogens is 314 g/mol. The van der Waals surface area contributed by atoms with Crippen LogP contribution in [0.1, 0.15) is 36.9 Å². The first kappa shape index (κ1) is 17.6. The van der Waals surface area contributed by atoms with Gasteiger partial charge in [-0.3, -0.25) is 9.58 Å². The second-order valence-corrected chi connectivity index (χ2v) is 6.31. The van der Waals surface area contributed by atoms with E-state index < -0.39 is 0 Å². The van der Waals surface area contributed by atoms with Crippen LogP contribution >= 0.6 is 0 Å². The molecule has 3 aromatic heterocycles. The lowest BCUT2D eigenvalue weighted by Gasteiger charge is -2.28. The number of pyridine rings is 1. The summed E-state index contributed by atoms with van der Waals surface area (Å²) in [5.74, 6) is 1.01. The third-order valence-corrected chi connectivity index (χ3v) is 4.71. The predicted octanol–water partition coefficient (Wildman–Crippen LogP) is 3.04. The Hall–Kier alpha value is -2.18. The Labute approximate surface area is 148 Å². The van der Waals surface area contributed by atoms with Gasteiger partial charge < -0.3 is 9.73 Å². The van der Waals surface area contributed by atoms with Gasteiger partial charge in [-0.1, -0.05) is 13.8 Å². The summed E-state index contributed by atoms with van der Waals surface area (Å²) >= 11 is 0. The third kappa shape index (κ3) is 3.75. The number of aryl methyl sites for hydroxylation is 2. The van der Waals surface area contributed by atoms with Crippen molar-refractivity contribution >= 4 is 11.0 Å². The number of fused-ring (bicyclic) bond motifs is 1. The highest BCUT2D eigenvalue weighted by atomic mass is 16.3. The monoisotopic (exact) mass is 341 g/mol. The van der Waals surface area contributed by atoms with Gasteiger partial charge in [0.15, 0.2) is 5.65 Å². The molecule has 0 bridgehead atoms. The Morgan fingerprint density at radius 1 is 1.32 bits per heavy atom. The number of hydrogen-bond acceptors (Lipinski definition) is 5. The van der Waals surface area contributed by atoms with E-state index in [0.717, 1.165) is 48.7 Å². The van der Waals surface area contributed by atoms with Crippen LogP contribution in [0.5, 0.6) is 0 Å². The Balaban J connectivity index is 1.68. The molecule has 3 heterocycles. The lowest BCUT2D eigenvalue weighted by atomic mass is 10.1. The number of rotatable bonds is 8. The van der Waals surface area contributed by atoms with Crippen molar-refractivity contribution in [2.75, 3.05) is 19.6 Å². The van der Waals surface area contributed by atoms with Crippen molar-refractivity contribution in [3.63, 3.8) is 0 Å². The molecule has 0 aliphatic carbocycles. The molecule has 0 spiro atoms. The summed E-state index contributed by atoms with van der Waals surface area (Å²) in [5, 5.41) is 9.11. The van der Waals surface area contributed by atoms with E-state index in [2.05, 4.69) is 46.3 Å². The van der Waals surface area contributed by atoms with Crippen LogP contribution in [0, 0.1) is 6.92 Å². The Kier molecular flexibility index (Phi) is 5.50. The maximum Gasteiger partial charge on any atom is 0.157 e. The fourth-order valence-corrected chi connectivity index (χ4v) is 3.36. The van der Waals surface area contributed by atoms with Gasteiger partial charge >= 0.3 is 0 Å². The van der Waals surface area contributed by atoms with Gasteiger partial charge in [0.05, 0.1) is 18.0 Å². The van der Waals surface area contributed by atoms with Crippen molar-refractivity contribution in [2.45, 2.75) is 33.4 Å². The highest BCUT2D eigenvalue weighted by Crippen LogP contribution is 2.21. The molecule has 0 saturated carbocycles. The van der Waals surface area contributed by atoms with E-state index >= 15 is 0 Å². The van der Waals surface area contributed by atoms with Gasteiger partial charge in [0, 0.05) is 31.7 Å². The predicted molar refractivity (Wildman–Crippen MR) is 99.3 cm³/mol. The molecule has 1 unspecified atom stereocenters. The van der Waals surface area contributed by atoms with Crippen LogP contribution in [0.2, 0.25) is 0 Å². The quantitative estimate of drug-likeness (QED) is 0.682. The minimum atomic E-state index is 0.238. The van der Waals surface area contributed by atoms with Crippen molar-refractivity contribution < 1.29 is 4.42 Å². The largest absolute Gasteiger partial charge is 0.468 e. The zero-order valence-corrected chi connectivity index (χ0v) is 15.5. The smallest absolute Gasteiger partial charge is 0.157 e. The fourth-order valence-electron chi connectivity index (χ4n) is 3.36. The van der Waals surface area contributed by atoms with E-state index in [1.807, 2.05) is 30.9 Å². The molecule has 0 amide bonds. The SMILES string of the molecule is CCN(CC)C(CNCc1cnc2c(c1)c(C)nn2C)c1ccco1. The number of likely N-dealkylation sites (N-methyl/N-ethyl adjacent to an activating group) is 1. The van der Waals surface area contributed by atoms with Crippen LogP contribution < -0.4 is 5.32 Å². The fraction of sp³-hybridized carbons (Fsp3) is 0.474. The van der Waals surface area contributed by atoms with Crippen molar-refractivity contribution in [3.8, 4) is 0 Å². The highest BCUT2D eigenvalue weighted by molar-refractivity contribution is 5.78. The first-order valence-electron chi connectivity index (χ1n) is 8.90. The molecule has 0 saturated heterocycles. The number of aromatic nitrogens is 3. The van der Waals surface area contributed by atoms with E-state index in [0.29, 0.717) is 0 Å². The van der Waals surface area contributed by atoms with Gasteiger partial charge in [-0.15, -0.1) is 0 Å². The Morgan fingerprint density at radius 3 is 2.80 bits per heavy atom. The molecule has 6 heteroatoms. The second kappa shape index (κ2) is 7.80. The van der Waals surface area contributed by atoms with Crippen molar-refractivity contribution in [2.24, 2.45) is 7.05 Å². The summed E-state index contributed by atoms with van der Waals surface area (Å²) in [6.07, 6.45) is 3.67. The van der Waals surface area contributed by atoms with Crippen LogP contribution in [0.15, 0.2) is 35.1 Å². The van der Waals surface area contributed by atoms with Gasteiger partial charge in [0.25, 0.3) is 0 Å². The summed E-state index contributed by atoms with van der Waals surface area (Å²) in [6, 6.07) is 6.42. The van der Waals surface area contributed by atoms with E-state index in [1.165, 1.54) is 5.56 Å². The normalized spacial score (nSPS) is 13.0. The van der Waals surface area contributed by atoms with Crippen molar-refractivity contribution in [3.05, 3.63) is 47.7 Å². The summed E-state index contributed by atoms with van der Waals surface area (Å²) in [6.45, 7) is 9.98. The molecule has 0 aromatic carbocycles. The first-order valence-corrected chi connectivity index (χ1v) is 8.90. The first-order chi connectivity index (χ1) is 12.1. The number of furan rings is 1. The maximum atomic E-state index is 5.65. The number of hydrogen-bond donors (Lipinski definition) is 1. The van der Waals surface area contributed by atoms with Crippen molar-refractivity contribution in [1.29, 1.82) is 0 Å². The van der Waals surface area contributed by atoms with Crippen molar-refractivity contribution in [1.82, 2.24) is 25.0 Å². The van der Waals surface area contributed by atoms with Gasteiger partial charge in [-0.25, -0.2) is 4.98 Å². The Morgan fingerprint density at radius 2 is 2.12 bits per heavy atom. The summed E-state index contributed by atoms with van der Waals surface area (Å²) < 4.78 is 7.48. The molecule has 6 nitrogen and oxygen atoms in total. The zero-order chi connectivity index (χ0) is 17.8. The Bertz CT molecular complexity index is 805. The lowest BCUT2D eigenvalue weighted by Crippen LogP contribution is -2.35. The molecule has 1 atom stereocenters. The summed E-state index contributed by atoms with van der Waals surface area (Å²) in [5.41, 5.74) is 3.11. The van der Waals surface area contributed by atoms with E-state index in [9.17, 15) is 0 Å². The second-order valence-electron chi connectivity index (χ2n) is 6.31. The summed E-state index contributed by atoms with van der Waals surface area (Å²) in [4.78, 5) is 6.95. The standard InChI is InChI=1S/C19H27N5O/c1-5-24(6-2)17(18-8-7-9-25-18)13-20-11-15-10-16-14(3)22-23(4)19(16)21-12-15/h7-10,12,17,20H,5-6,11,13H2,1-4H3. The highest BCUT2D eigenvalue weighted by Gasteiger charge is 2.20. The molecule has 0 fully saturated rings. The summed E-state index contributed by atoms with van der Waals surface area (Å²) in [7, 11) is 1.93. The molecule has 25 heavy (non-hydrogen) atoms. The topological polar surface area (TPSA) is 59.1 Å². The van der Waals surface area contributed by atoms with Crippen LogP contribution in [0.4, 0.5) is 0 Å². The minimum Gasteiger partial charge on any atom is -0.468 e. The molecule has 3 rings (SSSR count). The maximum absolute atomic E-state index is 5.65. The zero-order valence-electron chi connectivity index (χ0n) is 15.5. The van der Waals surface area contributed by atoms with Gasteiger partial charge in [0.1, 0.15) is 5.76 Å². The number of nitrogens with one attached hydrogen (secondary N) is 1. The average Bonchev–Trinajstić information content (AvgIpc) is 3.23. The molecular formula is C19H27N5O. The number of nitrogens with zero attached hydrogens (tertiary/aromatic N) is 4. The van der Waals surface area contributed by atoms with E-state index in [-0.39, 0.29) is 6.04 Å². The molecule has 0 aliphatic heterocycles. The van der Waals surface area contributed by atoms with E-state index in [1.54, 1.807) is 6.26 Å². The third-order valence-electron chi connectivity index (χ3n) is 4.71. The minimum absolute atomic E-state index is 0.238. The van der Waals surface area contributed by atoms with Crippen LogP contribution in [0.25, 0.3) is 11.0 Å². The van der Waals surface area contributed by atoms with Crippen LogP contribution in [-0.4, -0.2) is 39.3 Å². The van der Waals surface area contributed by atoms with Crippen LogP contribution in [-0.2, 0) is 13.6 Å². The van der Waals surface area contributed by atoms with Gasteiger partial charge in [-0.2, -0.15) is 5.10 Å². The molecule has 3 aromatic rings. The van der Waals surface area contributed by atoms with E-state index in [4.69, 9.17) is 4.42 Å². The van der Waals surface area contributed by atoms with Gasteiger partial charge in [0.2, 0.25) is 0 Å². The average molecular weight is 341 g/mol. The lowest BCUT2D eigenvalue weighted by molar-refractivity contribution is 0.188. The molecule has 134 valence electrons. The molecule has 1 N–H and O–H groups in total. The van der Waals surface area contributed by atoms with Gasteiger partial charge in [-0.05, 0) is 43.8 Å². The molecule has 0 aliphatic rings. The van der Waals surface area contributed by atoms with Crippen LogP contribution in [0.3, 0.4) is 0 Å².